The van der Waals surface area contributed by atoms with Crippen LogP contribution in [0.5, 0.6) is 0 Å². The summed E-state index contributed by atoms with van der Waals surface area (Å²) in [6.07, 6.45) is 1.70. The fourth-order valence-corrected chi connectivity index (χ4v) is 3.22. The predicted molar refractivity (Wildman–Crippen MR) is 120 cm³/mol. The molecule has 0 saturated heterocycles. The number of hydrogen-bond acceptors (Lipinski definition) is 5. The van der Waals surface area contributed by atoms with Crippen LogP contribution in [-0.4, -0.2) is 48.6 Å². The Morgan fingerprint density at radius 1 is 1.23 bits per heavy atom. The molecule has 0 fully saturated rings. The summed E-state index contributed by atoms with van der Waals surface area (Å²) in [6.45, 7) is 5.48. The van der Waals surface area contributed by atoms with Crippen LogP contribution < -0.4 is 4.90 Å². The lowest BCUT2D eigenvalue weighted by atomic mass is 10.1. The average Bonchev–Trinajstić information content (AvgIpc) is 2.78. The molecule has 0 N–H and O–H groups in total. The highest BCUT2D eigenvalue weighted by atomic mass is 35.5. The van der Waals surface area contributed by atoms with Crippen molar-refractivity contribution < 1.29 is 14.3 Å². The number of carbonyl (C=O) groups excluding carboxylic acids is 2. The molecule has 9 nitrogen and oxygen atoms in total. The molecule has 0 aliphatic carbocycles. The summed E-state index contributed by atoms with van der Waals surface area (Å²) < 4.78 is 5.50. The van der Waals surface area contributed by atoms with E-state index in [0.717, 1.165) is 19.3 Å². The van der Waals surface area contributed by atoms with Crippen LogP contribution in [0.25, 0.3) is 10.4 Å². The smallest absolute Gasteiger partial charge is 0.415 e. The summed E-state index contributed by atoms with van der Waals surface area (Å²) >= 11 is 5.98. The molecular weight excluding hydrogens is 420 g/mol. The van der Waals surface area contributed by atoms with Crippen LogP contribution in [0, 0.1) is 11.3 Å². The van der Waals surface area contributed by atoms with E-state index in [0.29, 0.717) is 37.3 Å². The number of halogens is 1. The number of benzene rings is 1. The van der Waals surface area contributed by atoms with Gasteiger partial charge in [0.15, 0.2) is 0 Å². The van der Waals surface area contributed by atoms with Crippen molar-refractivity contribution in [1.29, 1.82) is 5.26 Å². The van der Waals surface area contributed by atoms with Gasteiger partial charge in [-0.15, -0.1) is 11.6 Å². The van der Waals surface area contributed by atoms with E-state index in [2.05, 4.69) is 10.0 Å². The van der Waals surface area contributed by atoms with Gasteiger partial charge in [-0.05, 0) is 62.9 Å². The minimum absolute atomic E-state index is 0.0777. The quantitative estimate of drug-likeness (QED) is 0.0991. The SMILES string of the molecule is CCN(CC)C(=O)c1ccc(N(CCl)C(=O)OC(CC#N)CCCCCN=[N+]=[N-])cc1. The van der Waals surface area contributed by atoms with Gasteiger partial charge >= 0.3 is 6.09 Å². The van der Waals surface area contributed by atoms with Crippen LogP contribution in [0.1, 0.15) is 56.3 Å². The number of alkyl halides is 1. The number of carbonyl (C=O) groups is 2. The Hall–Kier alpha value is -2.95. The van der Waals surface area contributed by atoms with Gasteiger partial charge in [-0.25, -0.2) is 4.79 Å². The summed E-state index contributed by atoms with van der Waals surface area (Å²) in [5.41, 5.74) is 9.30. The number of nitrogens with zero attached hydrogens (tertiary/aromatic N) is 6. The van der Waals surface area contributed by atoms with Gasteiger partial charge in [-0.1, -0.05) is 11.5 Å². The molecule has 0 spiro atoms. The second kappa shape index (κ2) is 14.9. The highest BCUT2D eigenvalue weighted by Gasteiger charge is 2.22. The molecule has 0 saturated carbocycles. The first-order valence-electron chi connectivity index (χ1n) is 10.3. The number of ether oxygens (including phenoxy) is 1. The first-order chi connectivity index (χ1) is 15.0. The van der Waals surface area contributed by atoms with E-state index in [1.165, 1.54) is 4.90 Å². The standard InChI is InChI=1S/C21H29ClN6O3/c1-3-27(4-2)20(29)17-9-11-18(12-10-17)28(16-22)21(30)31-19(13-14-23)8-6-5-7-15-25-26-24/h9-12,19H,3-8,13,15-16H2,1-2H3. The molecule has 0 heterocycles. The molecule has 1 rings (SSSR count). The zero-order valence-corrected chi connectivity index (χ0v) is 18.8. The summed E-state index contributed by atoms with van der Waals surface area (Å²) in [5.74, 6) is -0.0777. The maximum atomic E-state index is 12.6. The van der Waals surface area contributed by atoms with Crippen molar-refractivity contribution in [3.8, 4) is 6.07 Å². The number of hydrogen-bond donors (Lipinski definition) is 0. The normalized spacial score (nSPS) is 11.0. The van der Waals surface area contributed by atoms with Gasteiger partial charge in [0.1, 0.15) is 12.1 Å². The topological polar surface area (TPSA) is 122 Å². The number of azide groups is 1. The lowest BCUT2D eigenvalue weighted by Gasteiger charge is -2.23. The molecular formula is C21H29ClN6O3. The minimum Gasteiger partial charge on any atom is -0.445 e. The van der Waals surface area contributed by atoms with E-state index in [1.54, 1.807) is 29.2 Å². The molecule has 0 aromatic heterocycles. The lowest BCUT2D eigenvalue weighted by Crippen LogP contribution is -2.34. The van der Waals surface area contributed by atoms with Gasteiger partial charge in [-0.2, -0.15) is 5.26 Å². The Bertz CT molecular complexity index is 785. The molecule has 0 bridgehead atoms. The lowest BCUT2D eigenvalue weighted by molar-refractivity contribution is 0.0773. The number of unbranched alkanes of at least 4 members (excludes halogenated alkanes) is 2. The Kier molecular flexibility index (Phi) is 12.6. The highest BCUT2D eigenvalue weighted by molar-refractivity contribution is 6.21. The maximum absolute atomic E-state index is 12.6. The summed E-state index contributed by atoms with van der Waals surface area (Å²) in [6, 6.07) is 8.50. The van der Waals surface area contributed by atoms with Crippen molar-refractivity contribution >= 4 is 29.3 Å². The van der Waals surface area contributed by atoms with E-state index >= 15 is 0 Å². The molecule has 10 heteroatoms. The van der Waals surface area contributed by atoms with E-state index in [1.807, 2.05) is 19.9 Å². The van der Waals surface area contributed by atoms with Crippen LogP contribution in [0.4, 0.5) is 10.5 Å². The zero-order valence-electron chi connectivity index (χ0n) is 18.0. The summed E-state index contributed by atoms with van der Waals surface area (Å²) in [7, 11) is 0. The van der Waals surface area contributed by atoms with Gasteiger partial charge < -0.3 is 9.64 Å². The van der Waals surface area contributed by atoms with Crippen molar-refractivity contribution in [2.24, 2.45) is 5.11 Å². The second-order valence-corrected chi connectivity index (χ2v) is 6.98. The highest BCUT2D eigenvalue weighted by Crippen LogP contribution is 2.20. The van der Waals surface area contributed by atoms with E-state index in [-0.39, 0.29) is 18.3 Å². The third-order valence-corrected chi connectivity index (χ3v) is 4.99. The largest absolute Gasteiger partial charge is 0.445 e. The van der Waals surface area contributed by atoms with Gasteiger partial charge in [0, 0.05) is 35.8 Å². The first kappa shape index (κ1) is 26.1. The monoisotopic (exact) mass is 448 g/mol. The molecule has 1 aromatic carbocycles. The molecule has 1 atom stereocenters. The predicted octanol–water partition coefficient (Wildman–Crippen LogP) is 5.46. The van der Waals surface area contributed by atoms with Gasteiger partial charge in [0.2, 0.25) is 0 Å². The number of amides is 2. The van der Waals surface area contributed by atoms with E-state index in [9.17, 15) is 9.59 Å². The molecule has 31 heavy (non-hydrogen) atoms. The Morgan fingerprint density at radius 3 is 2.45 bits per heavy atom. The third-order valence-electron chi connectivity index (χ3n) is 4.75. The third kappa shape index (κ3) is 8.75. The number of anilines is 1. The average molecular weight is 449 g/mol. The molecule has 0 radical (unpaired) electrons. The van der Waals surface area contributed by atoms with Crippen molar-refractivity contribution in [2.75, 3.05) is 30.5 Å². The van der Waals surface area contributed by atoms with Crippen LogP contribution in [0.15, 0.2) is 29.4 Å². The Balaban J connectivity index is 2.74. The van der Waals surface area contributed by atoms with Crippen molar-refractivity contribution in [3.05, 3.63) is 40.3 Å². The zero-order chi connectivity index (χ0) is 23.1. The Labute approximate surface area is 188 Å². The van der Waals surface area contributed by atoms with Gasteiger partial charge in [-0.3, -0.25) is 9.69 Å². The molecule has 1 aromatic rings. The van der Waals surface area contributed by atoms with E-state index < -0.39 is 12.2 Å². The molecule has 1 unspecified atom stereocenters. The number of nitriles is 1. The second-order valence-electron chi connectivity index (χ2n) is 6.74. The number of rotatable bonds is 13. The summed E-state index contributed by atoms with van der Waals surface area (Å²) in [5, 5.41) is 12.5. The van der Waals surface area contributed by atoms with Gasteiger partial charge in [0.25, 0.3) is 5.91 Å². The van der Waals surface area contributed by atoms with Gasteiger partial charge in [0.05, 0.1) is 12.5 Å². The van der Waals surface area contributed by atoms with Crippen LogP contribution in [-0.2, 0) is 4.74 Å². The van der Waals surface area contributed by atoms with Crippen molar-refractivity contribution in [1.82, 2.24) is 4.90 Å². The maximum Gasteiger partial charge on any atom is 0.415 e. The summed E-state index contributed by atoms with van der Waals surface area (Å²) in [4.78, 5) is 30.7. The van der Waals surface area contributed by atoms with Crippen LogP contribution in [0.3, 0.4) is 0 Å². The van der Waals surface area contributed by atoms with Crippen molar-refractivity contribution in [2.45, 2.75) is 52.1 Å². The molecule has 0 aliphatic rings. The molecule has 168 valence electrons. The van der Waals surface area contributed by atoms with E-state index in [4.69, 9.17) is 27.1 Å². The van der Waals surface area contributed by atoms with Crippen LogP contribution in [0.2, 0.25) is 0 Å². The fourth-order valence-electron chi connectivity index (χ4n) is 2.99. The van der Waals surface area contributed by atoms with Crippen LogP contribution >= 0.6 is 11.6 Å². The molecule has 0 aliphatic heterocycles. The molecule has 2 amide bonds. The Morgan fingerprint density at radius 2 is 1.90 bits per heavy atom. The minimum atomic E-state index is -0.646. The fraction of sp³-hybridized carbons (Fsp3) is 0.571. The first-order valence-corrected chi connectivity index (χ1v) is 10.9. The van der Waals surface area contributed by atoms with Crippen molar-refractivity contribution in [3.63, 3.8) is 0 Å².